The topological polar surface area (TPSA) is 56.5 Å². The van der Waals surface area contributed by atoms with Crippen molar-refractivity contribution in [3.63, 3.8) is 0 Å². The molecule has 3 N–H and O–H groups in total. The average molecular weight is 310 g/mol. The number of anilines is 2. The second-order valence-corrected chi connectivity index (χ2v) is 4.63. The molecular formula is C13H18F4N2O2. The van der Waals surface area contributed by atoms with Gasteiger partial charge in [0.05, 0.1) is 24.1 Å². The quantitative estimate of drug-likeness (QED) is 0.461. The zero-order chi connectivity index (χ0) is 16.0. The number of hydrogen-bond acceptors (Lipinski definition) is 4. The van der Waals surface area contributed by atoms with Crippen LogP contribution in [0.2, 0.25) is 0 Å². The van der Waals surface area contributed by atoms with Crippen LogP contribution in [0.25, 0.3) is 0 Å². The first-order valence-electron chi connectivity index (χ1n) is 6.33. The summed E-state index contributed by atoms with van der Waals surface area (Å²) in [6.45, 7) is 2.13. The average Bonchev–Trinajstić information content (AvgIpc) is 2.32. The first-order valence-corrected chi connectivity index (χ1v) is 6.33. The van der Waals surface area contributed by atoms with Gasteiger partial charge in [0.15, 0.2) is 11.6 Å². The summed E-state index contributed by atoms with van der Waals surface area (Å²) in [7, 11) is 0. The van der Waals surface area contributed by atoms with Crippen LogP contribution in [-0.4, -0.2) is 32.0 Å². The number of rotatable bonds is 7. The Kier molecular flexibility index (Phi) is 6.07. The molecule has 0 aliphatic rings. The Labute approximate surface area is 120 Å². The van der Waals surface area contributed by atoms with Crippen LogP contribution in [0.1, 0.15) is 13.8 Å². The minimum Gasteiger partial charge on any atom is -0.488 e. The number of ether oxygens (including phenoxy) is 2. The van der Waals surface area contributed by atoms with Crippen LogP contribution >= 0.6 is 0 Å². The fourth-order valence-corrected chi connectivity index (χ4v) is 1.51. The zero-order valence-corrected chi connectivity index (χ0v) is 11.8. The highest BCUT2D eigenvalue weighted by Gasteiger charge is 2.27. The van der Waals surface area contributed by atoms with Gasteiger partial charge in [0, 0.05) is 18.7 Å². The second kappa shape index (κ2) is 7.35. The Morgan fingerprint density at radius 3 is 2.52 bits per heavy atom. The fourth-order valence-electron chi connectivity index (χ4n) is 1.51. The van der Waals surface area contributed by atoms with E-state index in [0.29, 0.717) is 5.69 Å². The van der Waals surface area contributed by atoms with Gasteiger partial charge in [0.1, 0.15) is 6.61 Å². The Bertz CT molecular complexity index is 464. The molecule has 0 amide bonds. The van der Waals surface area contributed by atoms with Crippen LogP contribution in [0.15, 0.2) is 12.1 Å². The summed E-state index contributed by atoms with van der Waals surface area (Å²) >= 11 is 0. The lowest BCUT2D eigenvalue weighted by atomic mass is 10.2. The molecule has 0 atom stereocenters. The SMILES string of the molecule is CC(C)Oc1cc(NCCOCC(F)(F)F)c(N)cc1F. The minimum atomic E-state index is -4.35. The van der Waals surface area contributed by atoms with Crippen LogP contribution in [0.3, 0.4) is 0 Å². The minimum absolute atomic E-state index is 0.0258. The zero-order valence-electron chi connectivity index (χ0n) is 11.8. The van der Waals surface area contributed by atoms with Crippen LogP contribution in [0, 0.1) is 5.82 Å². The predicted octanol–water partition coefficient (Wildman–Crippen LogP) is 3.19. The molecule has 0 aromatic heterocycles. The molecule has 1 rings (SSSR count). The molecule has 0 saturated heterocycles. The number of nitrogens with two attached hydrogens (primary N) is 1. The van der Waals surface area contributed by atoms with Gasteiger partial charge in [-0.25, -0.2) is 4.39 Å². The van der Waals surface area contributed by atoms with E-state index in [0.717, 1.165) is 6.07 Å². The first kappa shape index (κ1) is 17.4. The maximum atomic E-state index is 13.6. The van der Waals surface area contributed by atoms with Gasteiger partial charge in [-0.05, 0) is 13.8 Å². The molecule has 0 heterocycles. The van der Waals surface area contributed by atoms with Crippen molar-refractivity contribution in [1.82, 2.24) is 0 Å². The molecule has 0 bridgehead atoms. The van der Waals surface area contributed by atoms with Gasteiger partial charge in [0.25, 0.3) is 0 Å². The maximum Gasteiger partial charge on any atom is 0.411 e. The number of nitrogens with one attached hydrogen (secondary N) is 1. The van der Waals surface area contributed by atoms with Gasteiger partial charge in [-0.3, -0.25) is 0 Å². The van der Waals surface area contributed by atoms with Gasteiger partial charge in [-0.2, -0.15) is 13.2 Å². The van der Waals surface area contributed by atoms with Crippen molar-refractivity contribution < 1.29 is 27.0 Å². The predicted molar refractivity (Wildman–Crippen MR) is 71.9 cm³/mol. The molecule has 0 aliphatic heterocycles. The second-order valence-electron chi connectivity index (χ2n) is 4.63. The van der Waals surface area contributed by atoms with Crippen molar-refractivity contribution in [2.24, 2.45) is 0 Å². The molecule has 120 valence electrons. The first-order chi connectivity index (χ1) is 9.69. The Hall–Kier alpha value is -1.70. The van der Waals surface area contributed by atoms with Gasteiger partial charge >= 0.3 is 6.18 Å². The molecule has 0 radical (unpaired) electrons. The Morgan fingerprint density at radius 2 is 1.95 bits per heavy atom. The van der Waals surface area contributed by atoms with E-state index in [1.165, 1.54) is 6.07 Å². The fraction of sp³-hybridized carbons (Fsp3) is 0.538. The molecule has 4 nitrogen and oxygen atoms in total. The van der Waals surface area contributed by atoms with E-state index < -0.39 is 18.6 Å². The molecule has 1 aromatic rings. The lowest BCUT2D eigenvalue weighted by molar-refractivity contribution is -0.172. The summed E-state index contributed by atoms with van der Waals surface area (Å²) in [6, 6.07) is 2.46. The monoisotopic (exact) mass is 310 g/mol. The van der Waals surface area contributed by atoms with Crippen molar-refractivity contribution in [2.45, 2.75) is 26.1 Å². The molecule has 0 aliphatic carbocycles. The number of benzene rings is 1. The van der Waals surface area contributed by atoms with E-state index in [4.69, 9.17) is 10.5 Å². The third kappa shape index (κ3) is 6.52. The summed E-state index contributed by atoms with van der Waals surface area (Å²) in [5, 5.41) is 2.78. The molecule has 0 unspecified atom stereocenters. The third-order valence-corrected chi connectivity index (χ3v) is 2.29. The standard InChI is InChI=1S/C13H18F4N2O2/c1-8(2)21-12-6-11(10(18)5-9(12)14)19-3-4-20-7-13(15,16)17/h5-6,8,19H,3-4,7,18H2,1-2H3. The number of nitrogen functional groups attached to an aromatic ring is 1. The summed E-state index contributed by atoms with van der Waals surface area (Å²) in [4.78, 5) is 0. The number of alkyl halides is 3. The smallest absolute Gasteiger partial charge is 0.411 e. The van der Waals surface area contributed by atoms with Crippen LogP contribution in [0.5, 0.6) is 5.75 Å². The molecule has 0 fully saturated rings. The van der Waals surface area contributed by atoms with Crippen molar-refractivity contribution in [3.05, 3.63) is 17.9 Å². The number of hydrogen-bond donors (Lipinski definition) is 2. The van der Waals surface area contributed by atoms with E-state index in [1.807, 2.05) is 0 Å². The summed E-state index contributed by atoms with van der Waals surface area (Å²) in [5.74, 6) is -0.571. The Balaban J connectivity index is 2.54. The number of halogens is 4. The third-order valence-electron chi connectivity index (χ3n) is 2.29. The maximum absolute atomic E-state index is 13.6. The highest BCUT2D eigenvalue weighted by Crippen LogP contribution is 2.28. The summed E-state index contributed by atoms with van der Waals surface area (Å²) in [5.41, 5.74) is 6.14. The van der Waals surface area contributed by atoms with Crippen molar-refractivity contribution in [2.75, 3.05) is 30.8 Å². The van der Waals surface area contributed by atoms with E-state index in [2.05, 4.69) is 10.1 Å². The van der Waals surface area contributed by atoms with Crippen molar-refractivity contribution >= 4 is 11.4 Å². The lowest BCUT2D eigenvalue weighted by Crippen LogP contribution is -2.20. The van der Waals surface area contributed by atoms with Gasteiger partial charge in [-0.1, -0.05) is 0 Å². The van der Waals surface area contributed by atoms with E-state index >= 15 is 0 Å². The summed E-state index contributed by atoms with van der Waals surface area (Å²) < 4.78 is 58.9. The Morgan fingerprint density at radius 1 is 1.29 bits per heavy atom. The van der Waals surface area contributed by atoms with E-state index in [-0.39, 0.29) is 30.7 Å². The normalized spacial score (nSPS) is 11.8. The molecule has 21 heavy (non-hydrogen) atoms. The lowest BCUT2D eigenvalue weighted by Gasteiger charge is -2.15. The van der Waals surface area contributed by atoms with E-state index in [1.54, 1.807) is 13.8 Å². The van der Waals surface area contributed by atoms with Gasteiger partial charge in [-0.15, -0.1) is 0 Å². The molecule has 0 spiro atoms. The van der Waals surface area contributed by atoms with Gasteiger partial charge in [0.2, 0.25) is 0 Å². The van der Waals surface area contributed by atoms with Crippen LogP contribution < -0.4 is 15.8 Å². The van der Waals surface area contributed by atoms with Crippen molar-refractivity contribution in [3.8, 4) is 5.75 Å². The summed E-state index contributed by atoms with van der Waals surface area (Å²) in [6.07, 6.45) is -4.57. The largest absolute Gasteiger partial charge is 0.488 e. The molecular weight excluding hydrogens is 292 g/mol. The highest BCUT2D eigenvalue weighted by molar-refractivity contribution is 5.68. The van der Waals surface area contributed by atoms with Crippen LogP contribution in [-0.2, 0) is 4.74 Å². The molecule has 1 aromatic carbocycles. The highest BCUT2D eigenvalue weighted by atomic mass is 19.4. The van der Waals surface area contributed by atoms with E-state index in [9.17, 15) is 17.6 Å². The van der Waals surface area contributed by atoms with Crippen molar-refractivity contribution in [1.29, 1.82) is 0 Å². The molecule has 0 saturated carbocycles. The molecule has 8 heteroatoms. The van der Waals surface area contributed by atoms with Gasteiger partial charge < -0.3 is 20.5 Å². The van der Waals surface area contributed by atoms with Crippen LogP contribution in [0.4, 0.5) is 28.9 Å².